The fourth-order valence-corrected chi connectivity index (χ4v) is 2.18. The van der Waals surface area contributed by atoms with Gasteiger partial charge in [-0.15, -0.1) is 13.2 Å². The molecule has 7 heteroatoms. The highest BCUT2D eigenvalue weighted by Crippen LogP contribution is 2.31. The zero-order chi connectivity index (χ0) is 15.5. The number of benzene rings is 1. The Kier molecular flexibility index (Phi) is 4.67. The highest BCUT2D eigenvalue weighted by atomic mass is 35.5. The lowest BCUT2D eigenvalue weighted by molar-refractivity contribution is -0.274. The Morgan fingerprint density at radius 3 is 2.67 bits per heavy atom. The number of nitrogens with zero attached hydrogens (tertiary/aromatic N) is 2. The molecule has 0 amide bonds. The molecule has 0 bridgehead atoms. The maximum Gasteiger partial charge on any atom is 0.573 e. The van der Waals surface area contributed by atoms with Crippen LogP contribution in [0, 0.1) is 0 Å². The molecule has 0 unspecified atom stereocenters. The molecule has 3 nitrogen and oxygen atoms in total. The summed E-state index contributed by atoms with van der Waals surface area (Å²) in [7, 11) is 0. The van der Waals surface area contributed by atoms with Crippen molar-refractivity contribution in [3.63, 3.8) is 0 Å². The van der Waals surface area contributed by atoms with Gasteiger partial charge in [-0.3, -0.25) is 0 Å². The molecule has 1 aromatic heterocycles. The second kappa shape index (κ2) is 6.30. The van der Waals surface area contributed by atoms with Crippen LogP contribution in [0.2, 0.25) is 5.15 Å². The van der Waals surface area contributed by atoms with E-state index in [1.54, 1.807) is 6.07 Å². The first-order valence-corrected chi connectivity index (χ1v) is 6.64. The molecule has 1 aromatic carbocycles. The van der Waals surface area contributed by atoms with E-state index < -0.39 is 6.36 Å². The van der Waals surface area contributed by atoms with Crippen LogP contribution in [0.4, 0.5) is 13.2 Å². The summed E-state index contributed by atoms with van der Waals surface area (Å²) in [6, 6.07) is 5.65. The largest absolute Gasteiger partial charge is 0.573 e. The second-order valence-electron chi connectivity index (χ2n) is 4.32. The Labute approximate surface area is 124 Å². The summed E-state index contributed by atoms with van der Waals surface area (Å²) in [5, 5.41) is 0.309. The van der Waals surface area contributed by atoms with E-state index in [0.29, 0.717) is 28.4 Å². The van der Waals surface area contributed by atoms with Crippen molar-refractivity contribution in [3.05, 3.63) is 41.3 Å². The lowest BCUT2D eigenvalue weighted by atomic mass is 10.0. The first-order valence-electron chi connectivity index (χ1n) is 6.26. The number of hydrogen-bond acceptors (Lipinski definition) is 3. The predicted molar refractivity (Wildman–Crippen MR) is 73.2 cm³/mol. The Morgan fingerprint density at radius 1 is 1.24 bits per heavy atom. The third kappa shape index (κ3) is 4.07. The molecule has 0 saturated carbocycles. The van der Waals surface area contributed by atoms with Gasteiger partial charge in [-0.05, 0) is 18.6 Å². The van der Waals surface area contributed by atoms with Crippen LogP contribution in [0.3, 0.4) is 0 Å². The van der Waals surface area contributed by atoms with Crippen LogP contribution >= 0.6 is 11.6 Å². The second-order valence-corrected chi connectivity index (χ2v) is 4.68. The third-order valence-electron chi connectivity index (χ3n) is 2.73. The third-order valence-corrected chi connectivity index (χ3v) is 3.06. The average Bonchev–Trinajstić information content (AvgIpc) is 2.39. The van der Waals surface area contributed by atoms with E-state index in [4.69, 9.17) is 11.6 Å². The number of ether oxygens (including phenoxy) is 1. The molecule has 0 saturated heterocycles. The zero-order valence-electron chi connectivity index (χ0n) is 11.1. The Hall–Kier alpha value is -1.82. The predicted octanol–water partition coefficient (Wildman–Crippen LogP) is 4.65. The fraction of sp³-hybridized carbons (Fsp3) is 0.286. The van der Waals surface area contributed by atoms with Gasteiger partial charge in [0.15, 0.2) is 0 Å². The van der Waals surface area contributed by atoms with Crippen molar-refractivity contribution in [2.24, 2.45) is 0 Å². The molecule has 0 N–H and O–H groups in total. The van der Waals surface area contributed by atoms with E-state index in [1.165, 1.54) is 24.5 Å². The van der Waals surface area contributed by atoms with Crippen LogP contribution in [0.5, 0.6) is 5.75 Å². The lowest BCUT2D eigenvalue weighted by Crippen LogP contribution is -2.17. The van der Waals surface area contributed by atoms with E-state index >= 15 is 0 Å². The Bertz CT molecular complexity index is 632. The van der Waals surface area contributed by atoms with E-state index in [-0.39, 0.29) is 5.75 Å². The molecule has 0 aliphatic rings. The molecular formula is C14H12ClF3N2O. The normalized spacial score (nSPS) is 11.5. The molecule has 0 atom stereocenters. The lowest BCUT2D eigenvalue weighted by Gasteiger charge is -2.12. The van der Waals surface area contributed by atoms with Crippen molar-refractivity contribution in [2.45, 2.75) is 26.1 Å². The molecule has 0 aliphatic carbocycles. The maximum absolute atomic E-state index is 12.3. The van der Waals surface area contributed by atoms with Gasteiger partial charge in [0.2, 0.25) is 0 Å². The van der Waals surface area contributed by atoms with Crippen LogP contribution in [-0.4, -0.2) is 16.3 Å². The monoisotopic (exact) mass is 316 g/mol. The quantitative estimate of drug-likeness (QED) is 0.770. The summed E-state index contributed by atoms with van der Waals surface area (Å²) in [5.74, 6) is -0.294. The highest BCUT2D eigenvalue weighted by Gasteiger charge is 2.31. The Morgan fingerprint density at radius 2 is 2.00 bits per heavy atom. The fourth-order valence-electron chi connectivity index (χ4n) is 1.95. The van der Waals surface area contributed by atoms with Gasteiger partial charge in [-0.25, -0.2) is 9.97 Å². The number of halogens is 4. The summed E-state index contributed by atoms with van der Waals surface area (Å²) in [5.41, 5.74) is 1.74. The van der Waals surface area contributed by atoms with E-state index in [2.05, 4.69) is 14.7 Å². The molecule has 0 fully saturated rings. The summed E-state index contributed by atoms with van der Waals surface area (Å²) in [6.07, 6.45) is -1.99. The SMILES string of the molecule is CCCc1c(Cl)ncnc1-c1cccc(OC(F)(F)F)c1. The molecule has 2 rings (SSSR count). The molecule has 21 heavy (non-hydrogen) atoms. The van der Waals surface area contributed by atoms with Crippen LogP contribution in [0.15, 0.2) is 30.6 Å². The molecule has 2 aromatic rings. The van der Waals surface area contributed by atoms with Crippen molar-refractivity contribution in [1.82, 2.24) is 9.97 Å². The summed E-state index contributed by atoms with van der Waals surface area (Å²) in [6.45, 7) is 1.97. The first kappa shape index (κ1) is 15.6. The minimum absolute atomic E-state index is 0.294. The summed E-state index contributed by atoms with van der Waals surface area (Å²) < 4.78 is 40.7. The van der Waals surface area contributed by atoms with E-state index in [9.17, 15) is 13.2 Å². The number of alkyl halides is 3. The molecule has 1 heterocycles. The summed E-state index contributed by atoms with van der Waals surface area (Å²) in [4.78, 5) is 8.04. The van der Waals surface area contributed by atoms with Gasteiger partial charge in [0, 0.05) is 11.1 Å². The van der Waals surface area contributed by atoms with Gasteiger partial charge < -0.3 is 4.74 Å². The molecular weight excluding hydrogens is 305 g/mol. The van der Waals surface area contributed by atoms with Crippen LogP contribution < -0.4 is 4.74 Å². The van der Waals surface area contributed by atoms with Crippen LogP contribution in [0.25, 0.3) is 11.3 Å². The highest BCUT2D eigenvalue weighted by molar-refractivity contribution is 6.30. The number of hydrogen-bond donors (Lipinski definition) is 0. The average molecular weight is 317 g/mol. The topological polar surface area (TPSA) is 35.0 Å². The van der Waals surface area contributed by atoms with Crippen molar-refractivity contribution >= 4 is 11.6 Å². The van der Waals surface area contributed by atoms with Crippen molar-refractivity contribution in [2.75, 3.05) is 0 Å². The Balaban J connectivity index is 2.43. The number of aromatic nitrogens is 2. The maximum atomic E-state index is 12.3. The standard InChI is InChI=1S/C14H12ClF3N2O/c1-2-4-11-12(19-8-20-13(11)15)9-5-3-6-10(7-9)21-14(16,17)18/h3,5-8H,2,4H2,1H3. The summed E-state index contributed by atoms with van der Waals surface area (Å²) >= 11 is 6.04. The van der Waals surface area contributed by atoms with Crippen molar-refractivity contribution < 1.29 is 17.9 Å². The molecule has 0 radical (unpaired) electrons. The van der Waals surface area contributed by atoms with Gasteiger partial charge in [0.1, 0.15) is 17.2 Å². The van der Waals surface area contributed by atoms with Gasteiger partial charge in [-0.1, -0.05) is 37.1 Å². The van der Waals surface area contributed by atoms with Gasteiger partial charge in [-0.2, -0.15) is 0 Å². The van der Waals surface area contributed by atoms with Crippen LogP contribution in [0.1, 0.15) is 18.9 Å². The zero-order valence-corrected chi connectivity index (χ0v) is 11.9. The van der Waals surface area contributed by atoms with Gasteiger partial charge >= 0.3 is 6.36 Å². The molecule has 0 spiro atoms. The van der Waals surface area contributed by atoms with E-state index in [0.717, 1.165) is 6.42 Å². The van der Waals surface area contributed by atoms with Gasteiger partial charge in [0.25, 0.3) is 0 Å². The molecule has 0 aliphatic heterocycles. The van der Waals surface area contributed by atoms with Gasteiger partial charge in [0.05, 0.1) is 5.69 Å². The number of rotatable bonds is 4. The van der Waals surface area contributed by atoms with Crippen molar-refractivity contribution in [1.29, 1.82) is 0 Å². The smallest absolute Gasteiger partial charge is 0.406 e. The first-order chi connectivity index (χ1) is 9.90. The van der Waals surface area contributed by atoms with Crippen molar-refractivity contribution in [3.8, 4) is 17.0 Å². The minimum Gasteiger partial charge on any atom is -0.406 e. The van der Waals surface area contributed by atoms with E-state index in [1.807, 2.05) is 6.92 Å². The molecule has 112 valence electrons. The minimum atomic E-state index is -4.73. The van der Waals surface area contributed by atoms with Crippen LogP contribution in [-0.2, 0) is 6.42 Å².